The Labute approximate surface area is 168 Å². The molecule has 0 spiro atoms. The first-order chi connectivity index (χ1) is 13.8. The molecule has 6 nitrogen and oxygen atoms in total. The van der Waals surface area contributed by atoms with Gasteiger partial charge in [-0.2, -0.15) is 0 Å². The normalized spacial score (nSPS) is 11.5. The molecule has 0 fully saturated rings. The number of carbonyl (C=O) groups is 1. The minimum absolute atomic E-state index is 0.113. The second-order valence-electron chi connectivity index (χ2n) is 6.81. The lowest BCUT2D eigenvalue weighted by molar-refractivity contribution is 0.102. The Morgan fingerprint density at radius 1 is 0.966 bits per heavy atom. The zero-order valence-corrected chi connectivity index (χ0v) is 16.8. The maximum absolute atomic E-state index is 12.5. The van der Waals surface area contributed by atoms with Crippen LogP contribution in [0.1, 0.15) is 10.4 Å². The molecular weight excluding hydrogens is 386 g/mol. The third-order valence-electron chi connectivity index (χ3n) is 4.71. The summed E-state index contributed by atoms with van der Waals surface area (Å²) in [5, 5.41) is 2.80. The van der Waals surface area contributed by atoms with Gasteiger partial charge >= 0.3 is 0 Å². The second-order valence-corrected chi connectivity index (χ2v) is 8.83. The molecule has 0 saturated carbocycles. The Morgan fingerprint density at radius 2 is 1.69 bits per heavy atom. The maximum atomic E-state index is 12.5. The number of para-hydroxylation sites is 2. The first-order valence-corrected chi connectivity index (χ1v) is 10.9. The number of hydrogen-bond donors (Lipinski definition) is 1. The lowest BCUT2D eigenvalue weighted by Crippen LogP contribution is -2.12. The van der Waals surface area contributed by atoms with E-state index in [-0.39, 0.29) is 16.4 Å². The van der Waals surface area contributed by atoms with E-state index in [4.69, 9.17) is 0 Å². The number of nitrogens with zero attached hydrogens (tertiary/aromatic N) is 2. The fraction of sp³-hybridized carbons (Fsp3) is 0.0909. The van der Waals surface area contributed by atoms with Crippen molar-refractivity contribution in [3.8, 4) is 11.4 Å². The summed E-state index contributed by atoms with van der Waals surface area (Å²) in [6, 6.07) is 21.3. The third kappa shape index (κ3) is 3.77. The summed E-state index contributed by atoms with van der Waals surface area (Å²) < 4.78 is 25.4. The lowest BCUT2D eigenvalue weighted by Gasteiger charge is -2.08. The molecule has 1 amide bonds. The summed E-state index contributed by atoms with van der Waals surface area (Å²) in [5.41, 5.74) is 3.80. The fourth-order valence-electron chi connectivity index (χ4n) is 3.18. The minimum Gasteiger partial charge on any atom is -0.327 e. The third-order valence-corrected chi connectivity index (χ3v) is 5.82. The van der Waals surface area contributed by atoms with E-state index < -0.39 is 9.84 Å². The van der Waals surface area contributed by atoms with Crippen molar-refractivity contribution in [2.45, 2.75) is 4.90 Å². The molecule has 0 aliphatic heterocycles. The number of nitrogens with one attached hydrogen (secondary N) is 1. The topological polar surface area (TPSA) is 81.1 Å². The quantitative estimate of drug-likeness (QED) is 0.558. The molecule has 4 aromatic rings. The summed E-state index contributed by atoms with van der Waals surface area (Å²) in [5.74, 6) is 0.468. The SMILES string of the molecule is Cn1c(-c2ccc(NC(=O)c3cccc(S(C)(=O)=O)c3)cc2)nc2ccccc21. The van der Waals surface area contributed by atoms with Crippen LogP contribution in [-0.4, -0.2) is 30.1 Å². The molecule has 4 rings (SSSR count). The van der Waals surface area contributed by atoms with Crippen LogP contribution in [0.4, 0.5) is 5.69 Å². The molecule has 0 atom stereocenters. The molecule has 0 aliphatic rings. The Kier molecular flexibility index (Phi) is 4.68. The molecule has 29 heavy (non-hydrogen) atoms. The molecule has 146 valence electrons. The summed E-state index contributed by atoms with van der Waals surface area (Å²) in [6.07, 6.45) is 1.11. The molecule has 1 heterocycles. The highest BCUT2D eigenvalue weighted by Crippen LogP contribution is 2.25. The van der Waals surface area contributed by atoms with E-state index in [0.29, 0.717) is 5.69 Å². The van der Waals surface area contributed by atoms with Crippen LogP contribution in [-0.2, 0) is 16.9 Å². The average molecular weight is 405 g/mol. The van der Waals surface area contributed by atoms with Gasteiger partial charge < -0.3 is 9.88 Å². The van der Waals surface area contributed by atoms with Gasteiger partial charge in [-0.25, -0.2) is 13.4 Å². The van der Waals surface area contributed by atoms with E-state index >= 15 is 0 Å². The second kappa shape index (κ2) is 7.18. The van der Waals surface area contributed by atoms with Crippen LogP contribution >= 0.6 is 0 Å². The number of fused-ring (bicyclic) bond motifs is 1. The summed E-state index contributed by atoms with van der Waals surface area (Å²) >= 11 is 0. The molecule has 1 aromatic heterocycles. The Balaban J connectivity index is 1.57. The number of aryl methyl sites for hydroxylation is 1. The van der Waals surface area contributed by atoms with Crippen molar-refractivity contribution in [2.24, 2.45) is 7.05 Å². The van der Waals surface area contributed by atoms with Crippen LogP contribution in [0.15, 0.2) is 77.7 Å². The van der Waals surface area contributed by atoms with Crippen LogP contribution in [0.3, 0.4) is 0 Å². The molecule has 7 heteroatoms. The number of benzene rings is 3. The summed E-state index contributed by atoms with van der Waals surface area (Å²) in [4.78, 5) is 17.3. The molecule has 0 radical (unpaired) electrons. The molecule has 0 saturated heterocycles. The number of imidazole rings is 1. The number of carbonyl (C=O) groups excluding carboxylic acids is 1. The highest BCUT2D eigenvalue weighted by molar-refractivity contribution is 7.90. The first-order valence-electron chi connectivity index (χ1n) is 8.96. The highest BCUT2D eigenvalue weighted by atomic mass is 32.2. The Hall–Kier alpha value is -3.45. The molecule has 3 aromatic carbocycles. The van der Waals surface area contributed by atoms with Gasteiger partial charge in [-0.05, 0) is 54.6 Å². The number of hydrogen-bond acceptors (Lipinski definition) is 4. The summed E-state index contributed by atoms with van der Waals surface area (Å²) in [6.45, 7) is 0. The largest absolute Gasteiger partial charge is 0.327 e. The van der Waals surface area contributed by atoms with Crippen molar-refractivity contribution in [3.05, 3.63) is 78.4 Å². The molecular formula is C22H19N3O3S. The molecule has 0 bridgehead atoms. The van der Waals surface area contributed by atoms with E-state index in [1.165, 1.54) is 12.1 Å². The predicted octanol–water partition coefficient (Wildman–Crippen LogP) is 3.90. The van der Waals surface area contributed by atoms with Gasteiger partial charge in [0.25, 0.3) is 5.91 Å². The Bertz CT molecular complexity index is 1320. The van der Waals surface area contributed by atoms with Crippen LogP contribution in [0.25, 0.3) is 22.4 Å². The predicted molar refractivity (Wildman–Crippen MR) is 114 cm³/mol. The van der Waals surface area contributed by atoms with Crippen LogP contribution < -0.4 is 5.32 Å². The van der Waals surface area contributed by atoms with Gasteiger partial charge in [0.15, 0.2) is 9.84 Å². The van der Waals surface area contributed by atoms with Crippen molar-refractivity contribution in [1.29, 1.82) is 0 Å². The van der Waals surface area contributed by atoms with Crippen molar-refractivity contribution in [1.82, 2.24) is 9.55 Å². The van der Waals surface area contributed by atoms with Crippen molar-refractivity contribution < 1.29 is 13.2 Å². The molecule has 1 N–H and O–H groups in total. The first kappa shape index (κ1) is 18.9. The zero-order valence-electron chi connectivity index (χ0n) is 16.0. The number of anilines is 1. The standard InChI is InChI=1S/C22H19N3O3S/c1-25-20-9-4-3-8-19(20)24-21(25)15-10-12-17(13-11-15)23-22(26)16-6-5-7-18(14-16)29(2,27)28/h3-14H,1-2H3,(H,23,26). The number of aromatic nitrogens is 2. The smallest absolute Gasteiger partial charge is 0.255 e. The minimum atomic E-state index is -3.37. The van der Waals surface area contributed by atoms with Crippen LogP contribution in [0.5, 0.6) is 0 Å². The number of amides is 1. The van der Waals surface area contributed by atoms with Gasteiger partial charge in [-0.3, -0.25) is 4.79 Å². The zero-order chi connectivity index (χ0) is 20.6. The van der Waals surface area contributed by atoms with Crippen molar-refractivity contribution in [2.75, 3.05) is 11.6 Å². The Morgan fingerprint density at radius 3 is 2.38 bits per heavy atom. The summed E-state index contributed by atoms with van der Waals surface area (Å²) in [7, 11) is -1.41. The fourth-order valence-corrected chi connectivity index (χ4v) is 3.84. The highest BCUT2D eigenvalue weighted by Gasteiger charge is 2.13. The van der Waals surface area contributed by atoms with Crippen molar-refractivity contribution >= 4 is 32.5 Å². The van der Waals surface area contributed by atoms with Gasteiger partial charge in [-0.1, -0.05) is 18.2 Å². The van der Waals surface area contributed by atoms with E-state index in [1.807, 2.05) is 48.0 Å². The van der Waals surface area contributed by atoms with Crippen molar-refractivity contribution in [3.63, 3.8) is 0 Å². The lowest BCUT2D eigenvalue weighted by atomic mass is 10.1. The van der Waals surface area contributed by atoms with Gasteiger partial charge in [0, 0.05) is 30.1 Å². The van der Waals surface area contributed by atoms with E-state index in [0.717, 1.165) is 28.7 Å². The average Bonchev–Trinajstić information content (AvgIpc) is 3.05. The van der Waals surface area contributed by atoms with Gasteiger partial charge in [0.05, 0.1) is 15.9 Å². The molecule has 0 aliphatic carbocycles. The van der Waals surface area contributed by atoms with Gasteiger partial charge in [0.2, 0.25) is 0 Å². The van der Waals surface area contributed by atoms with Gasteiger partial charge in [-0.15, -0.1) is 0 Å². The van der Waals surface area contributed by atoms with E-state index in [2.05, 4.69) is 10.3 Å². The van der Waals surface area contributed by atoms with E-state index in [1.54, 1.807) is 24.3 Å². The van der Waals surface area contributed by atoms with Crippen LogP contribution in [0.2, 0.25) is 0 Å². The monoisotopic (exact) mass is 405 g/mol. The van der Waals surface area contributed by atoms with Crippen LogP contribution in [0, 0.1) is 0 Å². The molecule has 0 unspecified atom stereocenters. The number of rotatable bonds is 4. The van der Waals surface area contributed by atoms with Gasteiger partial charge in [0.1, 0.15) is 5.82 Å². The number of sulfone groups is 1. The van der Waals surface area contributed by atoms with E-state index in [9.17, 15) is 13.2 Å². The maximum Gasteiger partial charge on any atom is 0.255 e.